The number of nitrogens with zero attached hydrogens (tertiary/aromatic N) is 2. The van der Waals surface area contributed by atoms with Gasteiger partial charge >= 0.3 is 12.1 Å². The number of primary amides is 2. The van der Waals surface area contributed by atoms with E-state index in [0.717, 1.165) is 0 Å². The van der Waals surface area contributed by atoms with E-state index in [2.05, 4.69) is 0 Å². The molecule has 0 saturated carbocycles. The molecule has 2 aromatic carbocycles. The van der Waals surface area contributed by atoms with Gasteiger partial charge in [0.1, 0.15) is 0 Å². The highest BCUT2D eigenvalue weighted by Crippen LogP contribution is 2.26. The molecule has 24 heavy (non-hydrogen) atoms. The maximum Gasteiger partial charge on any atom is 0.333 e. The summed E-state index contributed by atoms with van der Waals surface area (Å²) in [5, 5.41) is 1.31. The minimum Gasteiger partial charge on any atom is -0.350 e. The van der Waals surface area contributed by atoms with Crippen LogP contribution in [0.2, 0.25) is 0 Å². The standard InChI is InChI=1S/C15H16N6O3/c16-14(23)20(18)11-7-3-1-5-9(11)13(22)10-6-2-4-8-12(10)21(19)15(17)24/h1-8H,18-19H2,(H2,16,23)(H2,17,24). The van der Waals surface area contributed by atoms with E-state index in [1.807, 2.05) is 0 Å². The molecule has 0 aromatic heterocycles. The average molecular weight is 328 g/mol. The molecule has 0 unspecified atom stereocenters. The third-order valence-electron chi connectivity index (χ3n) is 3.29. The van der Waals surface area contributed by atoms with E-state index in [1.54, 1.807) is 24.3 Å². The van der Waals surface area contributed by atoms with Crippen molar-refractivity contribution in [3.8, 4) is 0 Å². The molecule has 2 rings (SSSR count). The predicted molar refractivity (Wildman–Crippen MR) is 88.8 cm³/mol. The van der Waals surface area contributed by atoms with Gasteiger partial charge in [0.15, 0.2) is 5.78 Å². The smallest absolute Gasteiger partial charge is 0.333 e. The highest BCUT2D eigenvalue weighted by Gasteiger charge is 2.22. The van der Waals surface area contributed by atoms with Gasteiger partial charge in [0, 0.05) is 11.1 Å². The Hall–Kier alpha value is -3.43. The van der Waals surface area contributed by atoms with E-state index in [9.17, 15) is 14.4 Å². The average Bonchev–Trinajstić information content (AvgIpc) is 2.59. The summed E-state index contributed by atoms with van der Waals surface area (Å²) in [5.74, 6) is 10.7. The lowest BCUT2D eigenvalue weighted by Gasteiger charge is -2.20. The SMILES string of the molecule is NC(=O)N(N)c1ccccc1C(=O)c1ccccc1N(N)C(N)=O. The molecule has 0 aliphatic carbocycles. The third kappa shape index (κ3) is 3.16. The first kappa shape index (κ1) is 16.9. The van der Waals surface area contributed by atoms with Crippen molar-refractivity contribution in [3.05, 3.63) is 59.7 Å². The number of ketones is 1. The monoisotopic (exact) mass is 328 g/mol. The molecular formula is C15H16N6O3. The van der Waals surface area contributed by atoms with Crippen LogP contribution >= 0.6 is 0 Å². The maximum atomic E-state index is 12.9. The molecule has 2 aromatic rings. The van der Waals surface area contributed by atoms with Crippen LogP contribution in [-0.2, 0) is 0 Å². The Morgan fingerprint density at radius 1 is 0.667 bits per heavy atom. The summed E-state index contributed by atoms with van der Waals surface area (Å²) in [5.41, 5.74) is 10.8. The first-order valence-corrected chi connectivity index (χ1v) is 6.76. The van der Waals surface area contributed by atoms with Gasteiger partial charge in [-0.2, -0.15) is 0 Å². The number of hydrogen-bond acceptors (Lipinski definition) is 5. The Morgan fingerprint density at radius 2 is 1.00 bits per heavy atom. The number of benzene rings is 2. The van der Waals surface area contributed by atoms with E-state index in [4.69, 9.17) is 23.2 Å². The molecule has 0 spiro atoms. The Balaban J connectivity index is 2.56. The molecule has 9 heteroatoms. The first-order valence-electron chi connectivity index (χ1n) is 6.76. The van der Waals surface area contributed by atoms with Crippen molar-refractivity contribution in [2.75, 3.05) is 10.0 Å². The predicted octanol–water partition coefficient (Wildman–Crippen LogP) is 0.435. The minimum atomic E-state index is -0.930. The van der Waals surface area contributed by atoms with Crippen molar-refractivity contribution in [3.63, 3.8) is 0 Å². The van der Waals surface area contributed by atoms with Crippen LogP contribution in [0.5, 0.6) is 0 Å². The van der Waals surface area contributed by atoms with Crippen LogP contribution in [-0.4, -0.2) is 17.8 Å². The fourth-order valence-corrected chi connectivity index (χ4v) is 2.13. The van der Waals surface area contributed by atoms with Crippen molar-refractivity contribution in [1.82, 2.24) is 0 Å². The van der Waals surface area contributed by atoms with E-state index in [0.29, 0.717) is 10.0 Å². The van der Waals surface area contributed by atoms with Gasteiger partial charge in [-0.25, -0.2) is 31.3 Å². The molecular weight excluding hydrogens is 312 g/mol. The van der Waals surface area contributed by atoms with Crippen LogP contribution in [0.4, 0.5) is 21.0 Å². The summed E-state index contributed by atoms with van der Waals surface area (Å²) in [6.45, 7) is 0. The lowest BCUT2D eigenvalue weighted by atomic mass is 9.99. The van der Waals surface area contributed by atoms with Crippen LogP contribution in [0.3, 0.4) is 0 Å². The maximum absolute atomic E-state index is 12.9. The van der Waals surface area contributed by atoms with Crippen molar-refractivity contribution in [2.45, 2.75) is 0 Å². The Kier molecular flexibility index (Phi) is 4.78. The number of hydrogen-bond donors (Lipinski definition) is 4. The molecule has 0 bridgehead atoms. The van der Waals surface area contributed by atoms with E-state index in [-0.39, 0.29) is 22.5 Å². The second-order valence-corrected chi connectivity index (χ2v) is 4.78. The largest absolute Gasteiger partial charge is 0.350 e. The Labute approximate surface area is 137 Å². The fourth-order valence-electron chi connectivity index (χ4n) is 2.13. The van der Waals surface area contributed by atoms with Crippen LogP contribution in [0.25, 0.3) is 0 Å². The molecule has 0 fully saturated rings. The third-order valence-corrected chi connectivity index (χ3v) is 3.29. The molecule has 0 heterocycles. The number of hydrazine groups is 2. The second-order valence-electron chi connectivity index (χ2n) is 4.78. The molecule has 0 radical (unpaired) electrons. The summed E-state index contributed by atoms with van der Waals surface area (Å²) < 4.78 is 0. The van der Waals surface area contributed by atoms with Gasteiger partial charge in [0.05, 0.1) is 11.4 Å². The fraction of sp³-hybridized carbons (Fsp3) is 0. The number of amides is 4. The van der Waals surface area contributed by atoms with Gasteiger partial charge in [0.25, 0.3) is 0 Å². The van der Waals surface area contributed by atoms with Crippen molar-refractivity contribution < 1.29 is 14.4 Å². The molecule has 0 atom stereocenters. The molecule has 0 saturated heterocycles. The zero-order chi connectivity index (χ0) is 17.9. The molecule has 0 aliphatic rings. The number of rotatable bonds is 4. The number of anilines is 2. The zero-order valence-corrected chi connectivity index (χ0v) is 12.5. The molecule has 4 amide bonds. The highest BCUT2D eigenvalue weighted by molar-refractivity contribution is 6.17. The van der Waals surface area contributed by atoms with E-state index >= 15 is 0 Å². The number of nitrogens with two attached hydrogens (primary N) is 4. The van der Waals surface area contributed by atoms with Crippen LogP contribution in [0, 0.1) is 0 Å². The number of para-hydroxylation sites is 2. The van der Waals surface area contributed by atoms with Crippen molar-refractivity contribution in [2.24, 2.45) is 23.2 Å². The normalized spacial score (nSPS) is 10.1. The lowest BCUT2D eigenvalue weighted by Crippen LogP contribution is -2.43. The van der Waals surface area contributed by atoms with Crippen molar-refractivity contribution >= 4 is 29.2 Å². The van der Waals surface area contributed by atoms with E-state index < -0.39 is 17.8 Å². The molecule has 9 nitrogen and oxygen atoms in total. The highest BCUT2D eigenvalue weighted by atomic mass is 16.2. The summed E-state index contributed by atoms with van der Waals surface area (Å²) in [4.78, 5) is 35.5. The topological polar surface area (TPSA) is 162 Å². The molecule has 8 N–H and O–H groups in total. The molecule has 124 valence electrons. The van der Waals surface area contributed by atoms with Crippen LogP contribution in [0.1, 0.15) is 15.9 Å². The van der Waals surface area contributed by atoms with Crippen molar-refractivity contribution in [1.29, 1.82) is 0 Å². The minimum absolute atomic E-state index is 0.115. The number of carbonyl (C=O) groups excluding carboxylic acids is 3. The van der Waals surface area contributed by atoms with Gasteiger partial charge < -0.3 is 11.5 Å². The van der Waals surface area contributed by atoms with Gasteiger partial charge in [-0.05, 0) is 24.3 Å². The lowest BCUT2D eigenvalue weighted by molar-refractivity contribution is 0.104. The van der Waals surface area contributed by atoms with E-state index in [1.165, 1.54) is 24.3 Å². The van der Waals surface area contributed by atoms with Gasteiger partial charge in [-0.3, -0.25) is 4.79 Å². The summed E-state index contributed by atoms with van der Waals surface area (Å²) in [7, 11) is 0. The zero-order valence-electron chi connectivity index (χ0n) is 12.5. The summed E-state index contributed by atoms with van der Waals surface area (Å²) >= 11 is 0. The first-order chi connectivity index (χ1) is 11.3. The number of urea groups is 2. The number of carbonyl (C=O) groups is 3. The summed E-state index contributed by atoms with van der Waals surface area (Å²) in [6.07, 6.45) is 0. The molecule has 0 aliphatic heterocycles. The quantitative estimate of drug-likeness (QED) is 0.276. The second kappa shape index (κ2) is 6.77. The Morgan fingerprint density at radius 3 is 1.33 bits per heavy atom. The van der Waals surface area contributed by atoms with Gasteiger partial charge in [-0.15, -0.1) is 0 Å². The van der Waals surface area contributed by atoms with Crippen LogP contribution < -0.4 is 33.2 Å². The summed E-state index contributed by atoms with van der Waals surface area (Å²) in [6, 6.07) is 10.4. The van der Waals surface area contributed by atoms with Gasteiger partial charge in [0.2, 0.25) is 0 Å². The van der Waals surface area contributed by atoms with Crippen LogP contribution in [0.15, 0.2) is 48.5 Å². The van der Waals surface area contributed by atoms with Gasteiger partial charge in [-0.1, -0.05) is 24.3 Å². The Bertz CT molecular complexity index is 742.